The Balaban J connectivity index is 1.13. The number of aromatic nitrogens is 3. The lowest BCUT2D eigenvalue weighted by Crippen LogP contribution is -2.52. The van der Waals surface area contributed by atoms with Gasteiger partial charge in [-0.1, -0.05) is 18.2 Å². The second-order valence-corrected chi connectivity index (χ2v) is 14.6. The zero-order valence-corrected chi connectivity index (χ0v) is 27.6. The molecule has 46 heavy (non-hydrogen) atoms. The largest absolute Gasteiger partial charge is 0.446 e. The van der Waals surface area contributed by atoms with Crippen molar-refractivity contribution in [2.24, 2.45) is 11.3 Å². The Morgan fingerprint density at radius 1 is 0.935 bits per heavy atom. The van der Waals surface area contributed by atoms with E-state index < -0.39 is 6.09 Å². The highest BCUT2D eigenvalue weighted by Crippen LogP contribution is 2.58. The molecule has 2 bridgehead atoms. The van der Waals surface area contributed by atoms with Crippen LogP contribution < -0.4 is 15.1 Å². The number of anilines is 2. The summed E-state index contributed by atoms with van der Waals surface area (Å²) in [5, 5.41) is 7.18. The van der Waals surface area contributed by atoms with E-state index in [1.165, 1.54) is 18.5 Å². The molecule has 0 radical (unpaired) electrons. The zero-order valence-electron chi connectivity index (χ0n) is 27.6. The Hall–Kier alpha value is -3.88. The van der Waals surface area contributed by atoms with Gasteiger partial charge in [-0.2, -0.15) is 5.10 Å². The van der Waals surface area contributed by atoms with Gasteiger partial charge in [0.05, 0.1) is 12.2 Å². The van der Waals surface area contributed by atoms with Crippen molar-refractivity contribution in [3.63, 3.8) is 0 Å². The molecule has 9 nitrogen and oxygen atoms in total. The fourth-order valence-electron chi connectivity index (χ4n) is 8.22. The van der Waals surface area contributed by atoms with Crippen LogP contribution in [0.3, 0.4) is 0 Å². The highest BCUT2D eigenvalue weighted by Gasteiger charge is 2.51. The number of amides is 2. The number of nitrogens with zero attached hydrogens (tertiary/aromatic N) is 5. The molecule has 1 N–H and O–H groups in total. The van der Waals surface area contributed by atoms with E-state index in [4.69, 9.17) is 9.72 Å². The molecule has 5 aliphatic rings. The molecule has 5 fully saturated rings. The van der Waals surface area contributed by atoms with Crippen molar-refractivity contribution in [3.05, 3.63) is 60.6 Å². The second kappa shape index (κ2) is 12.4. The molecule has 1 aromatic carbocycles. The number of hydrogen-bond donors (Lipinski definition) is 1. The van der Waals surface area contributed by atoms with Gasteiger partial charge in [0.25, 0.3) is 0 Å². The number of ether oxygens (including phenoxy) is 1. The summed E-state index contributed by atoms with van der Waals surface area (Å²) in [6, 6.07) is 15.5. The summed E-state index contributed by atoms with van der Waals surface area (Å²) in [5.41, 5.74) is 4.63. The number of hydrogen-bond acceptors (Lipinski definition) is 6. The number of rotatable bonds is 9. The van der Waals surface area contributed by atoms with E-state index in [0.29, 0.717) is 18.9 Å². The van der Waals surface area contributed by atoms with Crippen LogP contribution in [-0.4, -0.2) is 60.6 Å². The van der Waals surface area contributed by atoms with Gasteiger partial charge < -0.3 is 19.9 Å². The number of fused-ring (bicyclic) bond motifs is 3. The van der Waals surface area contributed by atoms with Crippen molar-refractivity contribution in [3.8, 4) is 11.1 Å². The van der Waals surface area contributed by atoms with Crippen molar-refractivity contribution in [1.82, 2.24) is 20.1 Å². The number of carbonyl (C=O) groups excluding carboxylic acids is 2. The van der Waals surface area contributed by atoms with E-state index in [2.05, 4.69) is 87.7 Å². The van der Waals surface area contributed by atoms with Crippen LogP contribution >= 0.6 is 0 Å². The minimum Gasteiger partial charge on any atom is -0.446 e. The van der Waals surface area contributed by atoms with Gasteiger partial charge in [0.1, 0.15) is 11.9 Å². The van der Waals surface area contributed by atoms with Crippen LogP contribution in [0.25, 0.3) is 11.1 Å². The lowest BCUT2D eigenvalue weighted by Gasteiger charge is -2.54. The summed E-state index contributed by atoms with van der Waals surface area (Å²) in [7, 11) is 5.69. The summed E-state index contributed by atoms with van der Waals surface area (Å²) in [6.45, 7) is 0.743. The van der Waals surface area contributed by atoms with Crippen LogP contribution in [0.1, 0.15) is 88.8 Å². The fourth-order valence-corrected chi connectivity index (χ4v) is 8.22. The first-order chi connectivity index (χ1) is 22.3. The van der Waals surface area contributed by atoms with Gasteiger partial charge in [0.2, 0.25) is 5.91 Å². The van der Waals surface area contributed by atoms with E-state index in [1.54, 1.807) is 7.05 Å². The summed E-state index contributed by atoms with van der Waals surface area (Å²) >= 11 is 0. The monoisotopic (exact) mass is 624 g/mol. The molecule has 5 aliphatic carbocycles. The normalized spacial score (nSPS) is 27.2. The summed E-state index contributed by atoms with van der Waals surface area (Å²) in [4.78, 5) is 35.7. The molecule has 5 saturated carbocycles. The minimum atomic E-state index is -0.397. The van der Waals surface area contributed by atoms with Crippen LogP contribution in [0, 0.1) is 11.3 Å². The molecule has 0 aliphatic heterocycles. The van der Waals surface area contributed by atoms with Crippen LogP contribution in [0.2, 0.25) is 0 Å². The third-order valence-electron chi connectivity index (χ3n) is 11.4. The molecule has 244 valence electrons. The molecule has 2 amide bonds. The number of nitrogens with one attached hydrogen (secondary N) is 1. The van der Waals surface area contributed by atoms with E-state index >= 15 is 0 Å². The second-order valence-electron chi connectivity index (χ2n) is 14.6. The molecule has 8 rings (SSSR count). The van der Waals surface area contributed by atoms with E-state index in [1.807, 2.05) is 6.20 Å². The average Bonchev–Trinajstić information content (AvgIpc) is 3.84. The molecule has 9 heteroatoms. The fraction of sp³-hybridized carbons (Fsp3) is 0.568. The minimum absolute atomic E-state index is 0.0774. The Bertz CT molecular complexity index is 1550. The molecular formula is C37H48N6O3. The van der Waals surface area contributed by atoms with E-state index in [9.17, 15) is 9.59 Å². The predicted molar refractivity (Wildman–Crippen MR) is 180 cm³/mol. The van der Waals surface area contributed by atoms with E-state index in [0.717, 1.165) is 80.5 Å². The summed E-state index contributed by atoms with van der Waals surface area (Å²) in [5.74, 6) is 1.15. The first-order valence-corrected chi connectivity index (χ1v) is 17.3. The van der Waals surface area contributed by atoms with Gasteiger partial charge in [-0.15, -0.1) is 0 Å². The third-order valence-corrected chi connectivity index (χ3v) is 11.4. The molecule has 2 heterocycles. The molecule has 3 aromatic rings. The van der Waals surface area contributed by atoms with Crippen molar-refractivity contribution in [2.45, 2.75) is 94.6 Å². The van der Waals surface area contributed by atoms with Gasteiger partial charge in [0.15, 0.2) is 0 Å². The lowest BCUT2D eigenvalue weighted by atomic mass is 9.52. The number of benzene rings is 1. The molecular weight excluding hydrogens is 576 g/mol. The molecule has 2 aromatic heterocycles. The smallest absolute Gasteiger partial charge is 0.407 e. The lowest BCUT2D eigenvalue weighted by molar-refractivity contribution is -0.124. The van der Waals surface area contributed by atoms with Crippen molar-refractivity contribution < 1.29 is 14.3 Å². The van der Waals surface area contributed by atoms with Crippen molar-refractivity contribution in [2.75, 3.05) is 37.5 Å². The number of pyridine rings is 1. The summed E-state index contributed by atoms with van der Waals surface area (Å²) < 4.78 is 7.62. The first-order valence-electron chi connectivity index (χ1n) is 17.3. The van der Waals surface area contributed by atoms with Crippen molar-refractivity contribution in [1.29, 1.82) is 0 Å². The van der Waals surface area contributed by atoms with Crippen LogP contribution in [-0.2, 0) is 14.9 Å². The van der Waals surface area contributed by atoms with Gasteiger partial charge in [-0.3, -0.25) is 9.48 Å². The first kappa shape index (κ1) is 30.8. The Labute approximate surface area is 272 Å². The van der Waals surface area contributed by atoms with Crippen LogP contribution in [0.5, 0.6) is 0 Å². The topological polar surface area (TPSA) is 92.6 Å². The number of carbonyl (C=O) groups is 2. The molecule has 0 spiro atoms. The quantitative estimate of drug-likeness (QED) is 0.279. The van der Waals surface area contributed by atoms with Crippen LogP contribution in [0.4, 0.5) is 16.3 Å². The van der Waals surface area contributed by atoms with Crippen molar-refractivity contribution >= 4 is 23.5 Å². The SMILES string of the molecule is CNC(=O)OC1CCC(C(=O)N(CC23CCC(c4cccc(N(C)C)n4)(CC2)CC3)c2cccc(-c3cnn(C4CC4)c3)c2)CC1. The Morgan fingerprint density at radius 2 is 1.65 bits per heavy atom. The van der Waals surface area contributed by atoms with Gasteiger partial charge in [-0.05, 0) is 112 Å². The van der Waals surface area contributed by atoms with Crippen LogP contribution in [0.15, 0.2) is 54.9 Å². The highest BCUT2D eigenvalue weighted by molar-refractivity contribution is 5.96. The standard InChI is InChI=1S/C37H48N6O3/c1-38-35(45)46-31-14-10-26(11-15-31)34(44)42(30-7-4-6-27(22-30)28-23-39-43(24-28)29-12-13-29)25-36-16-19-37(20-17-36,21-18-36)32-8-5-9-33(40-32)41(2)3/h4-9,22-24,26,29,31H,10-21,25H2,1-3H3,(H,38,45). The Morgan fingerprint density at radius 3 is 2.33 bits per heavy atom. The molecule has 0 unspecified atom stereocenters. The third kappa shape index (κ3) is 6.13. The number of alkyl carbamates (subject to hydrolysis) is 1. The summed E-state index contributed by atoms with van der Waals surface area (Å²) in [6.07, 6.45) is 15.5. The van der Waals surface area contributed by atoms with Gasteiger partial charge in [-0.25, -0.2) is 9.78 Å². The molecule has 0 atom stereocenters. The zero-order chi connectivity index (χ0) is 31.9. The maximum atomic E-state index is 14.5. The molecule has 0 saturated heterocycles. The van der Waals surface area contributed by atoms with E-state index in [-0.39, 0.29) is 28.8 Å². The van der Waals surface area contributed by atoms with Gasteiger partial charge in [0, 0.05) is 62.2 Å². The maximum absolute atomic E-state index is 14.5. The average molecular weight is 625 g/mol. The maximum Gasteiger partial charge on any atom is 0.407 e. The van der Waals surface area contributed by atoms with Gasteiger partial charge >= 0.3 is 6.09 Å². The predicted octanol–water partition coefficient (Wildman–Crippen LogP) is 6.89. The highest BCUT2D eigenvalue weighted by atomic mass is 16.6. The Kier molecular flexibility index (Phi) is 8.28.